The van der Waals surface area contributed by atoms with E-state index < -0.39 is 47.3 Å². The molecule has 1 aromatic heterocycles. The molecule has 2 aromatic carbocycles. The van der Waals surface area contributed by atoms with Crippen LogP contribution in [0.15, 0.2) is 54.6 Å². The molecule has 1 saturated heterocycles. The minimum atomic E-state index is -5.03. The van der Waals surface area contributed by atoms with Crippen molar-refractivity contribution in [2.75, 3.05) is 7.11 Å². The maximum atomic E-state index is 13.6. The van der Waals surface area contributed by atoms with Crippen LogP contribution in [0.25, 0.3) is 16.7 Å². The number of amides is 1. The summed E-state index contributed by atoms with van der Waals surface area (Å²) >= 11 is 0. The van der Waals surface area contributed by atoms with E-state index in [1.54, 1.807) is 7.11 Å². The van der Waals surface area contributed by atoms with Gasteiger partial charge in [-0.3, -0.25) is 9.88 Å². The van der Waals surface area contributed by atoms with E-state index in [1.165, 1.54) is 11.8 Å². The van der Waals surface area contributed by atoms with Gasteiger partial charge in [-0.15, -0.1) is 0 Å². The van der Waals surface area contributed by atoms with Gasteiger partial charge in [0.2, 0.25) is 0 Å². The standard InChI is InChI=1S/C34H34F6N2O3/c1-19-30(21-14-23(33(35,36)37)16-24(15-21)34(38,39)40)45-31(43)42(19)18-28-25(11-12-27(41-28)20-8-6-7-9-20)26-17-22(32(2,3)4)10-13-29(26)44-5/h8,10-17,19,30H,6-7,9,18H2,1-5H3/t19-,30-/m0/s1. The fourth-order valence-electron chi connectivity index (χ4n) is 5.80. The summed E-state index contributed by atoms with van der Waals surface area (Å²) < 4.78 is 92.7. The first kappa shape index (κ1) is 32.4. The number of alkyl halides is 6. The Kier molecular flexibility index (Phi) is 8.44. The summed E-state index contributed by atoms with van der Waals surface area (Å²) in [7, 11) is 1.55. The Labute approximate surface area is 257 Å². The van der Waals surface area contributed by atoms with Gasteiger partial charge < -0.3 is 9.47 Å². The molecule has 1 aliphatic carbocycles. The molecule has 2 heterocycles. The second-order valence-electron chi connectivity index (χ2n) is 12.5. The Bertz CT molecular complexity index is 1610. The Morgan fingerprint density at radius 2 is 1.58 bits per heavy atom. The molecule has 3 aromatic rings. The second-order valence-corrected chi connectivity index (χ2v) is 12.5. The molecule has 0 saturated carbocycles. The third kappa shape index (κ3) is 6.67. The zero-order chi connectivity index (χ0) is 32.9. The highest BCUT2D eigenvalue weighted by Crippen LogP contribution is 2.42. The van der Waals surface area contributed by atoms with Crippen LogP contribution >= 0.6 is 0 Å². The number of aromatic nitrogens is 1. The van der Waals surface area contributed by atoms with Gasteiger partial charge in [0.25, 0.3) is 0 Å². The van der Waals surface area contributed by atoms with Gasteiger partial charge in [0, 0.05) is 11.1 Å². The summed E-state index contributed by atoms with van der Waals surface area (Å²) in [5, 5.41) is 0. The van der Waals surface area contributed by atoms with Crippen molar-refractivity contribution in [3.8, 4) is 16.9 Å². The average Bonchev–Trinajstić information content (AvgIpc) is 3.60. The molecular formula is C34H34F6N2O3. The summed E-state index contributed by atoms with van der Waals surface area (Å²) in [6, 6.07) is 10.0. The number of methoxy groups -OCH3 is 1. The van der Waals surface area contributed by atoms with E-state index in [1.807, 2.05) is 30.3 Å². The van der Waals surface area contributed by atoms with Crippen LogP contribution in [-0.2, 0) is 29.0 Å². The second kappa shape index (κ2) is 11.7. The molecule has 1 fully saturated rings. The summed E-state index contributed by atoms with van der Waals surface area (Å²) in [6.07, 6.45) is -7.44. The molecule has 1 amide bonds. The van der Waals surface area contributed by atoms with Gasteiger partial charge in [-0.25, -0.2) is 4.79 Å². The van der Waals surface area contributed by atoms with Gasteiger partial charge >= 0.3 is 18.4 Å². The van der Waals surface area contributed by atoms with Gasteiger partial charge in [0.1, 0.15) is 11.9 Å². The average molecular weight is 633 g/mol. The summed E-state index contributed by atoms with van der Waals surface area (Å²) in [5.74, 6) is 0.581. The van der Waals surface area contributed by atoms with Crippen molar-refractivity contribution in [1.29, 1.82) is 0 Å². The summed E-state index contributed by atoms with van der Waals surface area (Å²) in [4.78, 5) is 19.5. The van der Waals surface area contributed by atoms with Crippen molar-refractivity contribution < 1.29 is 40.6 Å². The Hall–Kier alpha value is -4.02. The van der Waals surface area contributed by atoms with Crippen molar-refractivity contribution >= 4 is 11.7 Å². The molecule has 240 valence electrons. The van der Waals surface area contributed by atoms with Crippen LogP contribution in [0.5, 0.6) is 5.75 Å². The van der Waals surface area contributed by atoms with Crippen molar-refractivity contribution in [3.63, 3.8) is 0 Å². The highest BCUT2D eigenvalue weighted by atomic mass is 19.4. The zero-order valence-corrected chi connectivity index (χ0v) is 25.6. The van der Waals surface area contributed by atoms with Crippen LogP contribution in [0, 0.1) is 0 Å². The quantitative estimate of drug-likeness (QED) is 0.254. The van der Waals surface area contributed by atoms with Crippen LogP contribution in [0.2, 0.25) is 0 Å². The first-order valence-corrected chi connectivity index (χ1v) is 14.6. The molecule has 45 heavy (non-hydrogen) atoms. The lowest BCUT2D eigenvalue weighted by molar-refractivity contribution is -0.143. The molecular weight excluding hydrogens is 598 g/mol. The SMILES string of the molecule is COc1ccc(C(C)(C)C)cc1-c1ccc(C2=CCCC2)nc1CN1C(=O)O[C@H](c2cc(C(F)(F)F)cc(C(F)(F)F)c2)[C@@H]1C. The number of hydrogen-bond acceptors (Lipinski definition) is 4. The number of halogens is 6. The van der Waals surface area contributed by atoms with Gasteiger partial charge in [0.15, 0.2) is 0 Å². The minimum Gasteiger partial charge on any atom is -0.496 e. The highest BCUT2D eigenvalue weighted by Gasteiger charge is 2.43. The molecule has 0 bridgehead atoms. The number of rotatable bonds is 6. The number of carbonyl (C=O) groups is 1. The lowest BCUT2D eigenvalue weighted by Gasteiger charge is -2.24. The van der Waals surface area contributed by atoms with E-state index in [-0.39, 0.29) is 18.0 Å². The van der Waals surface area contributed by atoms with Gasteiger partial charge in [-0.2, -0.15) is 26.3 Å². The number of nitrogens with zero attached hydrogens (tertiary/aromatic N) is 2. The van der Waals surface area contributed by atoms with E-state index in [2.05, 4.69) is 26.8 Å². The first-order chi connectivity index (χ1) is 21.0. The highest BCUT2D eigenvalue weighted by molar-refractivity contribution is 5.77. The van der Waals surface area contributed by atoms with Crippen LogP contribution in [0.4, 0.5) is 31.1 Å². The van der Waals surface area contributed by atoms with E-state index in [0.29, 0.717) is 29.1 Å². The van der Waals surface area contributed by atoms with E-state index in [0.717, 1.165) is 41.7 Å². The lowest BCUT2D eigenvalue weighted by Crippen LogP contribution is -2.32. The number of allylic oxidation sites excluding steroid dienone is 2. The van der Waals surface area contributed by atoms with Crippen LogP contribution in [0.1, 0.15) is 86.7 Å². The third-order valence-corrected chi connectivity index (χ3v) is 8.35. The maximum absolute atomic E-state index is 13.6. The number of ether oxygens (including phenoxy) is 2. The molecule has 2 aliphatic rings. The number of cyclic esters (lactones) is 1. The molecule has 5 rings (SSSR count). The monoisotopic (exact) mass is 632 g/mol. The fourth-order valence-corrected chi connectivity index (χ4v) is 5.80. The van der Waals surface area contributed by atoms with Gasteiger partial charge in [-0.1, -0.05) is 39.0 Å². The third-order valence-electron chi connectivity index (χ3n) is 8.35. The van der Waals surface area contributed by atoms with Crippen molar-refractivity contribution in [3.05, 3.63) is 88.2 Å². The fraction of sp³-hybridized carbons (Fsp3) is 0.412. The van der Waals surface area contributed by atoms with E-state index in [4.69, 9.17) is 14.5 Å². The molecule has 5 nitrogen and oxygen atoms in total. The Balaban J connectivity index is 1.58. The lowest BCUT2D eigenvalue weighted by atomic mass is 9.85. The largest absolute Gasteiger partial charge is 0.496 e. The van der Waals surface area contributed by atoms with Gasteiger partial charge in [0.05, 0.1) is 42.2 Å². The van der Waals surface area contributed by atoms with Gasteiger partial charge in [-0.05, 0) is 84.7 Å². The number of benzene rings is 2. The Morgan fingerprint density at radius 3 is 2.13 bits per heavy atom. The molecule has 1 aliphatic heterocycles. The van der Waals surface area contributed by atoms with E-state index >= 15 is 0 Å². The van der Waals surface area contributed by atoms with E-state index in [9.17, 15) is 31.1 Å². The van der Waals surface area contributed by atoms with Crippen LogP contribution in [-0.4, -0.2) is 29.1 Å². The summed E-state index contributed by atoms with van der Waals surface area (Å²) in [5.41, 5.74) is 1.23. The van der Waals surface area contributed by atoms with Crippen LogP contribution < -0.4 is 4.74 Å². The number of pyridine rings is 1. The molecule has 11 heteroatoms. The topological polar surface area (TPSA) is 51.7 Å². The van der Waals surface area contributed by atoms with Crippen LogP contribution in [0.3, 0.4) is 0 Å². The van der Waals surface area contributed by atoms with Crippen molar-refractivity contribution in [1.82, 2.24) is 9.88 Å². The Morgan fingerprint density at radius 1 is 0.911 bits per heavy atom. The predicted molar refractivity (Wildman–Crippen MR) is 157 cm³/mol. The van der Waals surface area contributed by atoms with Crippen molar-refractivity contribution in [2.45, 2.75) is 83.4 Å². The maximum Gasteiger partial charge on any atom is 0.416 e. The smallest absolute Gasteiger partial charge is 0.416 e. The molecule has 0 spiro atoms. The molecule has 0 radical (unpaired) electrons. The molecule has 2 atom stereocenters. The minimum absolute atomic E-state index is 0.0567. The molecule has 0 unspecified atom stereocenters. The normalized spacial score (nSPS) is 19.1. The number of hydrogen-bond donors (Lipinski definition) is 0. The number of carbonyl (C=O) groups excluding carboxylic acids is 1. The zero-order valence-electron chi connectivity index (χ0n) is 25.6. The molecule has 0 N–H and O–H groups in total. The van der Waals surface area contributed by atoms with Crippen molar-refractivity contribution in [2.24, 2.45) is 0 Å². The predicted octanol–water partition coefficient (Wildman–Crippen LogP) is 9.74. The summed E-state index contributed by atoms with van der Waals surface area (Å²) in [6.45, 7) is 7.67. The first-order valence-electron chi connectivity index (χ1n) is 14.6.